The van der Waals surface area contributed by atoms with E-state index in [1.54, 1.807) is 40.1 Å². The molecule has 5 rings (SSSR count). The molecule has 0 bridgehead atoms. The maximum absolute atomic E-state index is 14.2. The molecule has 4 nitrogen and oxygen atoms in total. The average molecular weight is 497 g/mol. The van der Waals surface area contributed by atoms with Crippen LogP contribution < -0.4 is 4.90 Å². The van der Waals surface area contributed by atoms with Crippen molar-refractivity contribution in [2.75, 3.05) is 11.4 Å². The summed E-state index contributed by atoms with van der Waals surface area (Å²) in [5.41, 5.74) is 3.00. The van der Waals surface area contributed by atoms with E-state index in [9.17, 15) is 9.59 Å². The number of hydrogen-bond donors (Lipinski definition) is 0. The Bertz CT molecular complexity index is 1260. The van der Waals surface area contributed by atoms with E-state index >= 15 is 0 Å². The molecule has 2 aliphatic rings. The highest BCUT2D eigenvalue weighted by Gasteiger charge is 2.63. The second-order valence-electron chi connectivity index (χ2n) is 8.95. The first-order valence-electron chi connectivity index (χ1n) is 10.6. The van der Waals surface area contributed by atoms with Gasteiger partial charge in [0.1, 0.15) is 0 Å². The van der Waals surface area contributed by atoms with Crippen LogP contribution in [-0.2, 0) is 16.2 Å². The van der Waals surface area contributed by atoms with Crippen LogP contribution in [0.4, 0.5) is 5.69 Å². The Balaban J connectivity index is 1.66. The van der Waals surface area contributed by atoms with E-state index in [0.29, 0.717) is 28.7 Å². The summed E-state index contributed by atoms with van der Waals surface area (Å²) in [7, 11) is 0. The van der Waals surface area contributed by atoms with Gasteiger partial charge in [0.15, 0.2) is 4.87 Å². The number of rotatable bonds is 3. The van der Waals surface area contributed by atoms with Crippen LogP contribution in [0.1, 0.15) is 35.3 Å². The highest BCUT2D eigenvalue weighted by molar-refractivity contribution is 8.02. The number of carbonyl (C=O) groups is 2. The maximum Gasteiger partial charge on any atom is 0.268 e. The molecular formula is C26H22Cl2N2O2S. The number of fused-ring (bicyclic) bond motifs is 2. The third kappa shape index (κ3) is 3.72. The second-order valence-corrected chi connectivity index (χ2v) is 11.7. The molecule has 0 N–H and O–H groups in total. The van der Waals surface area contributed by atoms with E-state index in [-0.39, 0.29) is 16.6 Å². The molecule has 33 heavy (non-hydrogen) atoms. The van der Waals surface area contributed by atoms with Crippen molar-refractivity contribution >= 4 is 52.5 Å². The molecule has 0 saturated carbocycles. The molecule has 1 atom stereocenters. The van der Waals surface area contributed by atoms with Gasteiger partial charge in [-0.25, -0.2) is 0 Å². The van der Waals surface area contributed by atoms with E-state index in [0.717, 1.165) is 16.8 Å². The fraction of sp³-hybridized carbons (Fsp3) is 0.231. The average Bonchev–Trinajstić information content (AvgIpc) is 3.20. The summed E-state index contributed by atoms with van der Waals surface area (Å²) < 4.78 is -0.341. The number of amides is 2. The van der Waals surface area contributed by atoms with Crippen molar-refractivity contribution in [2.24, 2.45) is 0 Å². The first-order valence-corrected chi connectivity index (χ1v) is 12.2. The van der Waals surface area contributed by atoms with Crippen LogP contribution in [0.3, 0.4) is 0 Å². The molecule has 2 amide bonds. The van der Waals surface area contributed by atoms with Gasteiger partial charge < -0.3 is 9.80 Å². The number of thioether (sulfide) groups is 1. The van der Waals surface area contributed by atoms with E-state index in [4.69, 9.17) is 23.2 Å². The molecule has 1 spiro atoms. The summed E-state index contributed by atoms with van der Waals surface area (Å²) in [6.07, 6.45) is 0. The first-order chi connectivity index (χ1) is 15.7. The van der Waals surface area contributed by atoms with Gasteiger partial charge in [0.05, 0.1) is 12.2 Å². The standard InChI is InChI=1S/C26H22Cl2N2O2S/c1-25(2)16-30(23(31)18-9-6-10-19(27)13-18)26(33-25)21-14-20(28)11-12-22(21)29(24(26)32)15-17-7-4-3-5-8-17/h3-14H,15-16H2,1-2H3/t26-/m1/s1. The number of hydrogen-bond acceptors (Lipinski definition) is 3. The quantitative estimate of drug-likeness (QED) is 0.423. The van der Waals surface area contributed by atoms with Gasteiger partial charge in [-0.2, -0.15) is 0 Å². The number of benzene rings is 3. The zero-order valence-electron chi connectivity index (χ0n) is 18.2. The molecule has 2 heterocycles. The summed E-state index contributed by atoms with van der Waals surface area (Å²) in [6, 6.07) is 22.2. The normalized spacial score (nSPS) is 21.0. The highest BCUT2D eigenvalue weighted by Crippen LogP contribution is 2.60. The van der Waals surface area contributed by atoms with Crippen molar-refractivity contribution in [1.29, 1.82) is 0 Å². The van der Waals surface area contributed by atoms with Gasteiger partial charge in [-0.15, -0.1) is 11.8 Å². The van der Waals surface area contributed by atoms with Crippen molar-refractivity contribution in [3.63, 3.8) is 0 Å². The molecule has 0 radical (unpaired) electrons. The van der Waals surface area contributed by atoms with Crippen LogP contribution in [-0.4, -0.2) is 28.0 Å². The molecular weight excluding hydrogens is 475 g/mol. The Morgan fingerprint density at radius 2 is 1.70 bits per heavy atom. The summed E-state index contributed by atoms with van der Waals surface area (Å²) in [5.74, 6) is -0.356. The Hall–Kier alpha value is -2.47. The monoisotopic (exact) mass is 496 g/mol. The van der Waals surface area contributed by atoms with Crippen molar-refractivity contribution in [3.8, 4) is 0 Å². The van der Waals surface area contributed by atoms with Crippen LogP contribution >= 0.6 is 35.0 Å². The van der Waals surface area contributed by atoms with Crippen LogP contribution in [0.25, 0.3) is 0 Å². The fourth-order valence-electron chi connectivity index (χ4n) is 4.68. The molecule has 0 aliphatic carbocycles. The van der Waals surface area contributed by atoms with E-state index in [2.05, 4.69) is 13.8 Å². The number of nitrogens with zero attached hydrogens (tertiary/aromatic N) is 2. The Labute approximate surface area is 207 Å². The zero-order chi connectivity index (χ0) is 23.4. The third-order valence-electron chi connectivity index (χ3n) is 5.99. The van der Waals surface area contributed by atoms with Crippen LogP contribution in [0, 0.1) is 0 Å². The lowest BCUT2D eigenvalue weighted by Gasteiger charge is -2.33. The Morgan fingerprint density at radius 1 is 0.970 bits per heavy atom. The van der Waals surface area contributed by atoms with Crippen LogP contribution in [0.5, 0.6) is 0 Å². The molecule has 1 saturated heterocycles. The second kappa shape index (κ2) is 8.08. The van der Waals surface area contributed by atoms with Gasteiger partial charge in [-0.1, -0.05) is 59.6 Å². The van der Waals surface area contributed by atoms with Gasteiger partial charge in [-0.05, 0) is 55.8 Å². The van der Waals surface area contributed by atoms with E-state index in [1.807, 2.05) is 42.5 Å². The zero-order valence-corrected chi connectivity index (χ0v) is 20.5. The summed E-state index contributed by atoms with van der Waals surface area (Å²) in [4.78, 5) is 30.3. The van der Waals surface area contributed by atoms with Crippen molar-refractivity contribution < 1.29 is 9.59 Å². The van der Waals surface area contributed by atoms with Gasteiger partial charge in [0, 0.05) is 32.5 Å². The molecule has 1 fully saturated rings. The minimum Gasteiger partial charge on any atom is -0.310 e. The fourth-order valence-corrected chi connectivity index (χ4v) is 6.76. The predicted octanol–water partition coefficient (Wildman–Crippen LogP) is 6.36. The third-order valence-corrected chi connectivity index (χ3v) is 8.05. The SMILES string of the molecule is CC1(C)CN(C(=O)c2cccc(Cl)c2)[C@]2(S1)C(=O)N(Cc1ccccc1)c1ccc(Cl)cc12. The molecule has 0 aromatic heterocycles. The van der Waals surface area contributed by atoms with Crippen molar-refractivity contribution in [3.05, 3.63) is 99.5 Å². The number of halogens is 2. The summed E-state index contributed by atoms with van der Waals surface area (Å²) in [5, 5.41) is 1.01. The Kier molecular flexibility index (Phi) is 5.47. The van der Waals surface area contributed by atoms with Gasteiger partial charge in [0.2, 0.25) is 0 Å². The van der Waals surface area contributed by atoms with Crippen LogP contribution in [0.15, 0.2) is 72.8 Å². The summed E-state index contributed by atoms with van der Waals surface area (Å²) in [6.45, 7) is 4.94. The summed E-state index contributed by atoms with van der Waals surface area (Å²) >= 11 is 14.1. The lowest BCUT2D eigenvalue weighted by Crippen LogP contribution is -2.50. The first kappa shape index (κ1) is 22.3. The van der Waals surface area contributed by atoms with Crippen LogP contribution in [0.2, 0.25) is 10.0 Å². The van der Waals surface area contributed by atoms with E-state index in [1.165, 1.54) is 11.8 Å². The maximum atomic E-state index is 14.2. The molecule has 2 aliphatic heterocycles. The minimum absolute atomic E-state index is 0.130. The van der Waals surface area contributed by atoms with Crippen molar-refractivity contribution in [1.82, 2.24) is 4.90 Å². The van der Waals surface area contributed by atoms with E-state index < -0.39 is 4.87 Å². The molecule has 168 valence electrons. The molecule has 7 heteroatoms. The highest BCUT2D eigenvalue weighted by atomic mass is 35.5. The number of carbonyl (C=O) groups excluding carboxylic acids is 2. The molecule has 3 aromatic rings. The smallest absolute Gasteiger partial charge is 0.268 e. The van der Waals surface area contributed by atoms with Gasteiger partial charge in [-0.3, -0.25) is 9.59 Å². The van der Waals surface area contributed by atoms with Gasteiger partial charge in [0.25, 0.3) is 11.8 Å². The number of anilines is 1. The lowest BCUT2D eigenvalue weighted by molar-refractivity contribution is -0.123. The Morgan fingerprint density at radius 3 is 2.42 bits per heavy atom. The largest absolute Gasteiger partial charge is 0.310 e. The molecule has 0 unspecified atom stereocenters. The lowest BCUT2D eigenvalue weighted by atomic mass is 10.0. The van der Waals surface area contributed by atoms with Crippen molar-refractivity contribution in [2.45, 2.75) is 30.0 Å². The molecule has 3 aromatic carbocycles. The minimum atomic E-state index is -1.20. The predicted molar refractivity (Wildman–Crippen MR) is 135 cm³/mol. The topological polar surface area (TPSA) is 40.6 Å². The van der Waals surface area contributed by atoms with Gasteiger partial charge >= 0.3 is 0 Å².